The molecule has 0 aliphatic carbocycles. The highest BCUT2D eigenvalue weighted by molar-refractivity contribution is 7.93. The summed E-state index contributed by atoms with van der Waals surface area (Å²) in [6.45, 7) is 1.79. The third kappa shape index (κ3) is 2.67. The zero-order valence-corrected chi connectivity index (χ0v) is 11.0. The van der Waals surface area contributed by atoms with Crippen molar-refractivity contribution in [3.8, 4) is 6.07 Å². The highest BCUT2D eigenvalue weighted by Crippen LogP contribution is 2.19. The van der Waals surface area contributed by atoms with E-state index in [-0.39, 0.29) is 4.90 Å². The second-order valence-electron chi connectivity index (χ2n) is 3.54. The van der Waals surface area contributed by atoms with Crippen LogP contribution < -0.4 is 4.72 Å². The summed E-state index contributed by atoms with van der Waals surface area (Å²) < 4.78 is 26.4. The Labute approximate surface area is 109 Å². The van der Waals surface area contributed by atoms with Crippen molar-refractivity contribution in [1.29, 1.82) is 5.26 Å². The van der Waals surface area contributed by atoms with Crippen LogP contribution in [0.3, 0.4) is 0 Å². The number of anilines is 1. The summed E-state index contributed by atoms with van der Waals surface area (Å²) in [5.74, 6) is 0. The lowest BCUT2D eigenvalue weighted by atomic mass is 10.2. The summed E-state index contributed by atoms with van der Waals surface area (Å²) in [6, 6.07) is 7.63. The molecule has 2 aromatic rings. The molecule has 1 aromatic carbocycles. The summed E-state index contributed by atoms with van der Waals surface area (Å²) in [5.41, 5.74) is 1.18. The van der Waals surface area contributed by atoms with Gasteiger partial charge in [0.05, 0.1) is 22.2 Å². The number of rotatable bonds is 3. The van der Waals surface area contributed by atoms with Gasteiger partial charge in [-0.1, -0.05) is 0 Å². The fourth-order valence-electron chi connectivity index (χ4n) is 1.28. The Morgan fingerprint density at radius 3 is 2.50 bits per heavy atom. The summed E-state index contributed by atoms with van der Waals surface area (Å²) in [7, 11) is -3.64. The van der Waals surface area contributed by atoms with Crippen molar-refractivity contribution in [3.63, 3.8) is 0 Å². The van der Waals surface area contributed by atoms with E-state index in [0.29, 0.717) is 10.7 Å². The second kappa shape index (κ2) is 4.76. The average molecular weight is 279 g/mol. The molecule has 92 valence electrons. The number of benzene rings is 1. The first-order chi connectivity index (χ1) is 8.51. The van der Waals surface area contributed by atoms with Crippen molar-refractivity contribution in [2.75, 3.05) is 4.72 Å². The molecule has 0 saturated heterocycles. The van der Waals surface area contributed by atoms with Crippen LogP contribution in [0.15, 0.2) is 34.5 Å². The number of hydrogen-bond acceptors (Lipinski definition) is 5. The van der Waals surface area contributed by atoms with E-state index in [1.807, 2.05) is 6.07 Å². The maximum absolute atomic E-state index is 12.0. The number of aryl methyl sites for hydroxylation is 1. The molecule has 2 rings (SSSR count). The molecular weight excluding hydrogens is 270 g/mol. The fourth-order valence-corrected chi connectivity index (χ4v) is 3.22. The van der Waals surface area contributed by atoms with Crippen LogP contribution in [0.4, 0.5) is 5.13 Å². The molecule has 1 N–H and O–H groups in total. The van der Waals surface area contributed by atoms with E-state index < -0.39 is 10.0 Å². The molecule has 0 bridgehead atoms. The summed E-state index contributed by atoms with van der Waals surface area (Å²) in [4.78, 5) is 4.14. The zero-order valence-electron chi connectivity index (χ0n) is 9.41. The van der Waals surface area contributed by atoms with Crippen LogP contribution in [0, 0.1) is 18.3 Å². The van der Waals surface area contributed by atoms with Crippen molar-refractivity contribution in [3.05, 3.63) is 40.9 Å². The first kappa shape index (κ1) is 12.5. The van der Waals surface area contributed by atoms with Gasteiger partial charge in [0.1, 0.15) is 0 Å². The Bertz CT molecular complexity index is 697. The number of nitrogens with one attached hydrogen (secondary N) is 1. The molecule has 0 fully saturated rings. The Morgan fingerprint density at radius 2 is 2.00 bits per heavy atom. The molecule has 0 unspecified atom stereocenters. The van der Waals surface area contributed by atoms with Crippen molar-refractivity contribution in [2.24, 2.45) is 0 Å². The number of aromatic nitrogens is 1. The van der Waals surface area contributed by atoms with Gasteiger partial charge in [-0.3, -0.25) is 4.72 Å². The van der Waals surface area contributed by atoms with Crippen molar-refractivity contribution in [1.82, 2.24) is 4.98 Å². The third-order valence-electron chi connectivity index (χ3n) is 2.13. The number of nitriles is 1. The van der Waals surface area contributed by atoms with E-state index >= 15 is 0 Å². The van der Waals surface area contributed by atoms with Crippen LogP contribution in [0.5, 0.6) is 0 Å². The van der Waals surface area contributed by atoms with Crippen LogP contribution in [-0.4, -0.2) is 13.4 Å². The number of sulfonamides is 1. The number of thiazole rings is 1. The second-order valence-corrected chi connectivity index (χ2v) is 6.08. The average Bonchev–Trinajstić information content (AvgIpc) is 2.74. The summed E-state index contributed by atoms with van der Waals surface area (Å²) >= 11 is 1.23. The summed E-state index contributed by atoms with van der Waals surface area (Å²) in [5, 5.41) is 10.7. The van der Waals surface area contributed by atoms with Crippen molar-refractivity contribution < 1.29 is 8.42 Å². The van der Waals surface area contributed by atoms with Gasteiger partial charge in [-0.2, -0.15) is 5.26 Å². The molecule has 1 aromatic heterocycles. The largest absolute Gasteiger partial charge is 0.263 e. The maximum Gasteiger partial charge on any atom is 0.263 e. The first-order valence-corrected chi connectivity index (χ1v) is 7.33. The van der Waals surface area contributed by atoms with E-state index in [0.717, 1.165) is 5.69 Å². The first-order valence-electron chi connectivity index (χ1n) is 4.96. The highest BCUT2D eigenvalue weighted by atomic mass is 32.2. The fraction of sp³-hybridized carbons (Fsp3) is 0.0909. The van der Waals surface area contributed by atoms with Gasteiger partial charge in [0.2, 0.25) is 0 Å². The van der Waals surface area contributed by atoms with E-state index in [2.05, 4.69) is 9.71 Å². The highest BCUT2D eigenvalue weighted by Gasteiger charge is 2.15. The molecule has 0 radical (unpaired) electrons. The zero-order chi connectivity index (χ0) is 13.2. The van der Waals surface area contributed by atoms with Crippen molar-refractivity contribution in [2.45, 2.75) is 11.8 Å². The van der Waals surface area contributed by atoms with Gasteiger partial charge < -0.3 is 0 Å². The molecule has 1 heterocycles. The smallest absolute Gasteiger partial charge is 0.255 e. The van der Waals surface area contributed by atoms with Crippen LogP contribution in [0.1, 0.15) is 11.3 Å². The maximum atomic E-state index is 12.0. The number of nitrogens with zero attached hydrogens (tertiary/aromatic N) is 2. The van der Waals surface area contributed by atoms with E-state index in [1.54, 1.807) is 12.3 Å². The molecule has 18 heavy (non-hydrogen) atoms. The van der Waals surface area contributed by atoms with Gasteiger partial charge >= 0.3 is 0 Å². The SMILES string of the molecule is Cc1csc(NS(=O)(=O)c2ccc(C#N)cc2)n1. The van der Waals surface area contributed by atoms with Gasteiger partial charge in [-0.05, 0) is 31.2 Å². The van der Waals surface area contributed by atoms with Crippen LogP contribution >= 0.6 is 11.3 Å². The van der Waals surface area contributed by atoms with E-state index in [4.69, 9.17) is 5.26 Å². The lowest BCUT2D eigenvalue weighted by Crippen LogP contribution is -2.12. The molecule has 0 amide bonds. The van der Waals surface area contributed by atoms with E-state index in [1.165, 1.54) is 35.6 Å². The molecule has 0 saturated carbocycles. The quantitative estimate of drug-likeness (QED) is 0.932. The Morgan fingerprint density at radius 1 is 1.33 bits per heavy atom. The van der Waals surface area contributed by atoms with Crippen LogP contribution in [-0.2, 0) is 10.0 Å². The normalized spacial score (nSPS) is 10.9. The Kier molecular flexibility index (Phi) is 3.32. The van der Waals surface area contributed by atoms with Crippen molar-refractivity contribution >= 4 is 26.5 Å². The van der Waals surface area contributed by atoms with Crippen LogP contribution in [0.25, 0.3) is 0 Å². The number of hydrogen-bond donors (Lipinski definition) is 1. The molecular formula is C11H9N3O2S2. The minimum atomic E-state index is -3.64. The Hall–Kier alpha value is -1.91. The van der Waals surface area contributed by atoms with Gasteiger partial charge in [-0.15, -0.1) is 11.3 Å². The predicted octanol–water partition coefficient (Wildman–Crippen LogP) is 2.12. The molecule has 0 aliphatic heterocycles. The molecule has 0 spiro atoms. The van der Waals surface area contributed by atoms with E-state index in [9.17, 15) is 8.42 Å². The van der Waals surface area contributed by atoms with Crippen LogP contribution in [0.2, 0.25) is 0 Å². The monoisotopic (exact) mass is 279 g/mol. The lowest BCUT2D eigenvalue weighted by molar-refractivity contribution is 0.601. The minimum Gasteiger partial charge on any atom is -0.255 e. The summed E-state index contributed by atoms with van der Waals surface area (Å²) in [6.07, 6.45) is 0. The molecule has 7 heteroatoms. The lowest BCUT2D eigenvalue weighted by Gasteiger charge is -2.04. The third-order valence-corrected chi connectivity index (χ3v) is 4.49. The predicted molar refractivity (Wildman–Crippen MR) is 68.8 cm³/mol. The topological polar surface area (TPSA) is 82.9 Å². The van der Waals surface area contributed by atoms with Gasteiger partial charge in [0.15, 0.2) is 5.13 Å². The van der Waals surface area contributed by atoms with Gasteiger partial charge in [0, 0.05) is 5.38 Å². The minimum absolute atomic E-state index is 0.106. The van der Waals surface area contributed by atoms with Gasteiger partial charge in [-0.25, -0.2) is 13.4 Å². The molecule has 5 nitrogen and oxygen atoms in total. The van der Waals surface area contributed by atoms with Gasteiger partial charge in [0.25, 0.3) is 10.0 Å². The Balaban J connectivity index is 2.28. The molecule has 0 aliphatic rings. The molecule has 0 atom stereocenters. The standard InChI is InChI=1S/C11H9N3O2S2/c1-8-7-17-11(13-8)14-18(15,16)10-4-2-9(6-12)3-5-10/h2-5,7H,1H3,(H,13,14).